The molecule has 0 atom stereocenters. The van der Waals surface area contributed by atoms with Crippen molar-refractivity contribution in [1.82, 2.24) is 0 Å². The van der Waals surface area contributed by atoms with Crippen molar-refractivity contribution in [2.24, 2.45) is 15.0 Å². The topological polar surface area (TPSA) is 37.1 Å². The second kappa shape index (κ2) is 13.1. The van der Waals surface area contributed by atoms with Crippen LogP contribution in [0.2, 0.25) is 0 Å². The molecule has 0 amide bonds. The van der Waals surface area contributed by atoms with Gasteiger partial charge in [-0.05, 0) is 64.6 Å². The van der Waals surface area contributed by atoms with E-state index in [1.54, 1.807) is 0 Å². The molecule has 0 unspecified atom stereocenters. The molecule has 0 heterocycles. The lowest BCUT2D eigenvalue weighted by atomic mass is 9.86. The summed E-state index contributed by atoms with van der Waals surface area (Å²) in [6.45, 7) is 4.33. The second-order valence-electron chi connectivity index (χ2n) is 11.8. The fourth-order valence-corrected chi connectivity index (χ4v) is 6.12. The molecule has 0 spiro atoms. The molecule has 0 saturated heterocycles. The van der Waals surface area contributed by atoms with Gasteiger partial charge in [-0.3, -0.25) is 4.99 Å². The molecule has 3 nitrogen and oxygen atoms in total. The van der Waals surface area contributed by atoms with Gasteiger partial charge in [0.25, 0.3) is 0 Å². The Morgan fingerprint density at radius 3 is 1.59 bits per heavy atom. The molecule has 1 saturated carbocycles. The molecule has 0 aliphatic heterocycles. The van der Waals surface area contributed by atoms with E-state index in [2.05, 4.69) is 127 Å². The van der Waals surface area contributed by atoms with Gasteiger partial charge in [-0.15, -0.1) is 0 Å². The van der Waals surface area contributed by atoms with Crippen LogP contribution in [0.5, 0.6) is 0 Å². The highest BCUT2D eigenvalue weighted by molar-refractivity contribution is 6.12. The van der Waals surface area contributed by atoms with E-state index >= 15 is 0 Å². The lowest BCUT2D eigenvalue weighted by molar-refractivity contribution is 0.847. The predicted molar refractivity (Wildman–Crippen MR) is 193 cm³/mol. The molecular formula is C43H35N3. The summed E-state index contributed by atoms with van der Waals surface area (Å²) >= 11 is 0. The van der Waals surface area contributed by atoms with Gasteiger partial charge in [0.05, 0.1) is 6.54 Å². The zero-order valence-electron chi connectivity index (χ0n) is 25.8. The summed E-state index contributed by atoms with van der Waals surface area (Å²) in [7, 11) is 0. The Bertz CT molecular complexity index is 1990. The summed E-state index contributed by atoms with van der Waals surface area (Å²) in [4.78, 5) is 14.1. The number of nitrogens with zero attached hydrogens (tertiary/aromatic N) is 3. The van der Waals surface area contributed by atoms with Crippen LogP contribution in [0, 0.1) is 0 Å². The van der Waals surface area contributed by atoms with Gasteiger partial charge in [0, 0.05) is 16.5 Å². The average Bonchev–Trinajstić information content (AvgIpc) is 3.96. The van der Waals surface area contributed by atoms with E-state index in [1.165, 1.54) is 33.4 Å². The number of aliphatic imine (C=N–C) groups is 3. The number of rotatable bonds is 8. The van der Waals surface area contributed by atoms with Crippen molar-refractivity contribution < 1.29 is 0 Å². The van der Waals surface area contributed by atoms with E-state index in [0.717, 1.165) is 29.5 Å². The van der Waals surface area contributed by atoms with Gasteiger partial charge in [-0.1, -0.05) is 158 Å². The molecule has 0 bridgehead atoms. The van der Waals surface area contributed by atoms with E-state index in [0.29, 0.717) is 18.2 Å². The fourth-order valence-electron chi connectivity index (χ4n) is 6.12. The van der Waals surface area contributed by atoms with Crippen LogP contribution in [0.25, 0.3) is 22.3 Å². The Kier molecular flexibility index (Phi) is 8.30. The normalized spacial score (nSPS) is 14.1. The summed E-state index contributed by atoms with van der Waals surface area (Å²) in [5, 5.41) is 0. The van der Waals surface area contributed by atoms with E-state index in [4.69, 9.17) is 9.98 Å². The third-order valence-electron chi connectivity index (χ3n) is 8.83. The SMILES string of the molecule is C=NC(=NC(=NCc1ccccc1)c1ccc(C2(c3ccc(-c4cccc(-c5ccccc5)c4)cc3)CC2)cc1)c1ccccc1. The average molecular weight is 594 g/mol. The van der Waals surface area contributed by atoms with Crippen molar-refractivity contribution >= 4 is 18.4 Å². The molecule has 1 aliphatic rings. The van der Waals surface area contributed by atoms with Crippen molar-refractivity contribution in [3.8, 4) is 22.3 Å². The molecule has 0 aromatic heterocycles. The monoisotopic (exact) mass is 593 g/mol. The Hall–Kier alpha value is -5.67. The van der Waals surface area contributed by atoms with Gasteiger partial charge in [0.15, 0.2) is 11.7 Å². The third-order valence-corrected chi connectivity index (χ3v) is 8.83. The standard InChI is InChI=1S/C43H35N3/c1-44-41(35-16-9-4-10-17-35)46-42(45-31-32-12-5-2-6-13-32)36-22-26-40(27-23-36)43(28-29-43)39-24-20-34(21-25-39)38-19-11-18-37(30-38)33-14-7-3-8-15-33/h2-27,30H,1,28-29,31H2. The van der Waals surface area contributed by atoms with Crippen molar-refractivity contribution in [2.45, 2.75) is 24.8 Å². The quantitative estimate of drug-likeness (QED) is 0.124. The maximum absolute atomic E-state index is 4.95. The van der Waals surface area contributed by atoms with E-state index in [9.17, 15) is 0 Å². The van der Waals surface area contributed by atoms with Gasteiger partial charge in [-0.25, -0.2) is 9.98 Å². The highest BCUT2D eigenvalue weighted by atomic mass is 15.0. The summed E-state index contributed by atoms with van der Waals surface area (Å²) < 4.78 is 0. The minimum Gasteiger partial charge on any atom is -0.261 e. The van der Waals surface area contributed by atoms with Gasteiger partial charge in [-0.2, -0.15) is 0 Å². The Balaban J connectivity index is 1.16. The van der Waals surface area contributed by atoms with Crippen molar-refractivity contribution in [1.29, 1.82) is 0 Å². The largest absolute Gasteiger partial charge is 0.261 e. The van der Waals surface area contributed by atoms with Crippen molar-refractivity contribution in [2.75, 3.05) is 0 Å². The zero-order valence-corrected chi connectivity index (χ0v) is 25.8. The van der Waals surface area contributed by atoms with Crippen LogP contribution >= 0.6 is 0 Å². The van der Waals surface area contributed by atoms with Crippen LogP contribution < -0.4 is 0 Å². The number of amidine groups is 2. The predicted octanol–water partition coefficient (Wildman–Crippen LogP) is 10.2. The van der Waals surface area contributed by atoms with Gasteiger partial charge in [0.2, 0.25) is 0 Å². The minimum absolute atomic E-state index is 0.0471. The van der Waals surface area contributed by atoms with Crippen LogP contribution in [0.3, 0.4) is 0 Å². The van der Waals surface area contributed by atoms with Gasteiger partial charge < -0.3 is 0 Å². The molecule has 1 aliphatic carbocycles. The molecular weight excluding hydrogens is 558 g/mol. The number of hydrogen-bond donors (Lipinski definition) is 0. The Labute approximate surface area is 271 Å². The number of benzene rings is 6. The van der Waals surface area contributed by atoms with Crippen molar-refractivity contribution in [3.05, 3.63) is 192 Å². The van der Waals surface area contributed by atoms with Crippen LogP contribution in [0.15, 0.2) is 179 Å². The minimum atomic E-state index is 0.0471. The lowest BCUT2D eigenvalue weighted by Gasteiger charge is -2.18. The van der Waals surface area contributed by atoms with E-state index in [1.807, 2.05) is 48.5 Å². The summed E-state index contributed by atoms with van der Waals surface area (Å²) in [5.41, 5.74) is 10.7. The molecule has 3 heteroatoms. The van der Waals surface area contributed by atoms with Crippen LogP contribution in [-0.2, 0) is 12.0 Å². The first-order valence-electron chi connectivity index (χ1n) is 15.8. The maximum atomic E-state index is 4.95. The van der Waals surface area contributed by atoms with E-state index in [-0.39, 0.29) is 5.41 Å². The zero-order chi connectivity index (χ0) is 31.2. The first kappa shape index (κ1) is 29.1. The van der Waals surface area contributed by atoms with Gasteiger partial charge >= 0.3 is 0 Å². The Morgan fingerprint density at radius 2 is 1.00 bits per heavy atom. The second-order valence-corrected chi connectivity index (χ2v) is 11.8. The molecule has 222 valence electrons. The first-order valence-corrected chi connectivity index (χ1v) is 15.8. The maximum Gasteiger partial charge on any atom is 0.161 e. The molecule has 6 aromatic rings. The molecule has 7 rings (SSSR count). The Morgan fingerprint density at radius 1 is 0.500 bits per heavy atom. The summed E-state index contributed by atoms with van der Waals surface area (Å²) in [5.74, 6) is 1.21. The smallest absolute Gasteiger partial charge is 0.161 e. The van der Waals surface area contributed by atoms with Crippen LogP contribution in [-0.4, -0.2) is 18.4 Å². The highest BCUT2D eigenvalue weighted by Crippen LogP contribution is 2.53. The first-order chi connectivity index (χ1) is 22.7. The van der Waals surface area contributed by atoms with Crippen LogP contribution in [0.1, 0.15) is 40.7 Å². The molecule has 46 heavy (non-hydrogen) atoms. The lowest BCUT2D eigenvalue weighted by Crippen LogP contribution is -2.10. The van der Waals surface area contributed by atoms with Crippen LogP contribution in [0.4, 0.5) is 0 Å². The summed E-state index contributed by atoms with van der Waals surface area (Å²) in [6.07, 6.45) is 2.28. The molecule has 1 fully saturated rings. The van der Waals surface area contributed by atoms with Gasteiger partial charge in [0.1, 0.15) is 0 Å². The summed E-state index contributed by atoms with van der Waals surface area (Å²) in [6, 6.07) is 57.5. The third kappa shape index (κ3) is 6.27. The fraction of sp³-hybridized carbons (Fsp3) is 0.0930. The highest BCUT2D eigenvalue weighted by Gasteiger charge is 2.45. The number of hydrogen-bond acceptors (Lipinski definition) is 1. The van der Waals surface area contributed by atoms with Crippen molar-refractivity contribution in [3.63, 3.8) is 0 Å². The van der Waals surface area contributed by atoms with E-state index < -0.39 is 0 Å². The molecule has 0 N–H and O–H groups in total. The molecule has 0 radical (unpaired) electrons. The molecule has 6 aromatic carbocycles.